The van der Waals surface area contributed by atoms with Crippen LogP contribution in [0.2, 0.25) is 0 Å². The molecule has 402 valence electrons. The number of hydrogen-bond acceptors (Lipinski definition) is 11. The van der Waals surface area contributed by atoms with E-state index < -0.39 is 34.1 Å². The largest absolute Gasteiger partial charge is 0.497 e. The van der Waals surface area contributed by atoms with Crippen LogP contribution in [0.25, 0.3) is 37.6 Å². The molecular formula is C61H59F4N7O6. The Morgan fingerprint density at radius 3 is 1.88 bits per heavy atom. The van der Waals surface area contributed by atoms with E-state index >= 15 is 0 Å². The molecule has 1 saturated carbocycles. The van der Waals surface area contributed by atoms with Gasteiger partial charge in [-0.1, -0.05) is 66.0 Å². The molecule has 0 spiro atoms. The Balaban J connectivity index is 0.000000172. The summed E-state index contributed by atoms with van der Waals surface area (Å²) >= 11 is 0. The van der Waals surface area contributed by atoms with Gasteiger partial charge in [0, 0.05) is 93.6 Å². The lowest BCUT2D eigenvalue weighted by Gasteiger charge is -2.40. The maximum atomic E-state index is 14.2. The number of halogens is 4. The Morgan fingerprint density at radius 1 is 0.679 bits per heavy atom. The number of rotatable bonds is 3. The number of methoxy groups -OCH3 is 1. The number of aryl methyl sites for hydroxylation is 2. The van der Waals surface area contributed by atoms with Crippen molar-refractivity contribution in [3.63, 3.8) is 0 Å². The van der Waals surface area contributed by atoms with Crippen LogP contribution in [-0.2, 0) is 14.4 Å². The van der Waals surface area contributed by atoms with Crippen LogP contribution in [0.15, 0.2) is 133 Å². The van der Waals surface area contributed by atoms with Crippen LogP contribution in [0.3, 0.4) is 0 Å². The van der Waals surface area contributed by atoms with Gasteiger partial charge in [-0.15, -0.1) is 4.98 Å². The lowest BCUT2D eigenvalue weighted by Crippen LogP contribution is -2.34. The monoisotopic (exact) mass is 1060 g/mol. The molecule has 1 fully saturated rings. The minimum absolute atomic E-state index is 0. The van der Waals surface area contributed by atoms with Crippen molar-refractivity contribution in [1.29, 1.82) is 0 Å². The molecule has 5 aromatic carbocycles. The molecule has 17 heteroatoms. The molecule has 2 aliphatic carbocycles. The number of nitrogens with zero attached hydrogens (tertiary/aromatic N) is 5. The Bertz CT molecular complexity index is 3690. The summed E-state index contributed by atoms with van der Waals surface area (Å²) in [5.41, 5.74) is 14.3. The third-order valence-electron chi connectivity index (χ3n) is 12.8. The summed E-state index contributed by atoms with van der Waals surface area (Å²) in [7, 11) is 1.40. The van der Waals surface area contributed by atoms with Gasteiger partial charge < -0.3 is 20.6 Å². The second-order valence-corrected chi connectivity index (χ2v) is 20.5. The van der Waals surface area contributed by atoms with Crippen molar-refractivity contribution in [3.8, 4) is 5.75 Å². The maximum absolute atomic E-state index is 14.2. The summed E-state index contributed by atoms with van der Waals surface area (Å²) < 4.78 is 57.1. The van der Waals surface area contributed by atoms with Crippen molar-refractivity contribution in [2.45, 2.75) is 87.0 Å². The first kappa shape index (κ1) is 58.4. The fourth-order valence-corrected chi connectivity index (χ4v) is 9.46. The number of anilines is 2. The zero-order valence-electron chi connectivity index (χ0n) is 43.4. The van der Waals surface area contributed by atoms with E-state index in [2.05, 4.69) is 43.7 Å². The maximum Gasteiger partial charge on any atom is 0.270 e. The minimum atomic E-state index is -0.910. The predicted molar refractivity (Wildman–Crippen MR) is 296 cm³/mol. The smallest absolute Gasteiger partial charge is 0.270 e. The number of nitrogens with two attached hydrogens (primary N) is 1. The third-order valence-corrected chi connectivity index (χ3v) is 12.8. The van der Waals surface area contributed by atoms with E-state index in [9.17, 15) is 42.1 Å². The highest BCUT2D eigenvalue weighted by Crippen LogP contribution is 2.51. The van der Waals surface area contributed by atoms with Crippen LogP contribution >= 0.6 is 0 Å². The molecule has 3 aromatic heterocycles. The number of nitrogen functional groups attached to an aromatic ring is 1. The predicted octanol–water partition coefficient (Wildman–Crippen LogP) is 14.8. The van der Waals surface area contributed by atoms with Gasteiger partial charge in [0.25, 0.3) is 11.5 Å². The number of Topliss-reactive ketones (excluding diaryl/α,β-unsaturated/α-hetero) is 3. The van der Waals surface area contributed by atoms with Gasteiger partial charge in [0.15, 0.2) is 34.6 Å². The van der Waals surface area contributed by atoms with Gasteiger partial charge in [0.2, 0.25) is 0 Å². The molecule has 4 heterocycles. The fourth-order valence-electron chi connectivity index (χ4n) is 9.46. The summed E-state index contributed by atoms with van der Waals surface area (Å²) in [6.07, 6.45) is 2.45. The molecule has 0 amide bonds. The van der Waals surface area contributed by atoms with Crippen LogP contribution in [0.4, 0.5) is 40.4 Å². The molecule has 0 saturated heterocycles. The first-order chi connectivity index (χ1) is 36.4. The highest BCUT2D eigenvalue weighted by molar-refractivity contribution is 6.04. The van der Waals surface area contributed by atoms with Crippen molar-refractivity contribution in [2.75, 3.05) is 18.2 Å². The number of carbonyl (C=O) groups excluding carboxylic acids is 3. The Morgan fingerprint density at radius 2 is 1.26 bits per heavy atom. The van der Waals surface area contributed by atoms with Gasteiger partial charge in [-0.25, -0.2) is 17.6 Å². The molecule has 0 bridgehead atoms. The molecule has 1 atom stereocenters. The number of ether oxygens (including phenoxy) is 1. The summed E-state index contributed by atoms with van der Waals surface area (Å²) in [5.74, 6) is -3.05. The molecule has 11 rings (SSSR count). The standard InChI is InChI=1S/C25H22F2N2O.C10H7N3.C10H8N2O2.C8H12O2.C7H6F2O.CH4/c1-13-4-6-15-18(28-13)8-9-19-23(15)22(14-5-7-16(26)17(27)10-14)24-20(29-19)11-25(2,3)12-21(24)30;1-12-10-5-2-7-6-8(11)3-4-9(7)13-10;1-7-2-3-8-6-9(12(13)14)4-5-10(8)11-7;1-8(2)4-6(9)3-7(10)5-8;1-10-5-2-3-6(8)7(9)4-5;/h4-10,22,29H,11-12H2,1-3H3;2-6H,11H2;2-6H,1H3;3-5H2,1-2H3;2-4H,1H3;1H4. The number of allylic oxidation sites excluding steroid dienone is 2. The summed E-state index contributed by atoms with van der Waals surface area (Å²) in [4.78, 5) is 61.4. The second kappa shape index (κ2) is 24.4. The van der Waals surface area contributed by atoms with Crippen molar-refractivity contribution in [3.05, 3.63) is 200 Å². The van der Waals surface area contributed by atoms with Crippen LogP contribution in [0.5, 0.6) is 5.75 Å². The van der Waals surface area contributed by atoms with Gasteiger partial charge in [0.1, 0.15) is 17.3 Å². The SMILES string of the molecule is C.CC1(C)CC(=O)CC(=O)C1.COc1ccc(F)c(F)c1.Cc1ccc2c3c(ccc2n1)NC1=C(C(=O)CC(C)(C)C1)C3c1ccc(F)c(F)c1.Cc1ccc2cc([N+](=O)[O-])ccc2n1.[C-]#[N+]c1ccc2cc(N)ccc2n1. The molecule has 78 heavy (non-hydrogen) atoms. The van der Waals surface area contributed by atoms with Crippen LogP contribution < -0.4 is 15.8 Å². The number of benzene rings is 5. The Hall–Kier alpha value is -8.91. The number of nitro benzene ring substituents is 1. The van der Waals surface area contributed by atoms with Crippen molar-refractivity contribution < 1.29 is 41.6 Å². The lowest BCUT2D eigenvalue weighted by molar-refractivity contribution is -0.384. The van der Waals surface area contributed by atoms with Gasteiger partial charge >= 0.3 is 0 Å². The number of nitrogens with one attached hydrogen (secondary N) is 1. The van der Waals surface area contributed by atoms with Gasteiger partial charge in [-0.3, -0.25) is 34.5 Å². The molecule has 8 aromatic rings. The van der Waals surface area contributed by atoms with Crippen LogP contribution in [-0.4, -0.2) is 44.3 Å². The van der Waals surface area contributed by atoms with E-state index in [1.807, 2.05) is 82.3 Å². The molecule has 3 aliphatic rings. The highest BCUT2D eigenvalue weighted by Gasteiger charge is 2.41. The number of hydrogen-bond donors (Lipinski definition) is 2. The third kappa shape index (κ3) is 14.3. The molecule has 3 N–H and O–H groups in total. The zero-order valence-corrected chi connectivity index (χ0v) is 43.4. The number of nitro groups is 1. The van der Waals surface area contributed by atoms with E-state index in [1.165, 1.54) is 31.4 Å². The van der Waals surface area contributed by atoms with Crippen molar-refractivity contribution in [2.24, 2.45) is 10.8 Å². The van der Waals surface area contributed by atoms with E-state index in [1.54, 1.807) is 24.3 Å². The number of ketones is 3. The van der Waals surface area contributed by atoms with Gasteiger partial charge in [0.05, 0.1) is 29.5 Å². The summed E-state index contributed by atoms with van der Waals surface area (Å²) in [6.45, 7) is 18.7. The van der Waals surface area contributed by atoms with Crippen LogP contribution in [0.1, 0.15) is 95.7 Å². The number of fused-ring (bicyclic) bond motifs is 5. The van der Waals surface area contributed by atoms with Crippen molar-refractivity contribution >= 4 is 72.9 Å². The van der Waals surface area contributed by atoms with Crippen LogP contribution in [0, 0.1) is 64.6 Å². The summed E-state index contributed by atoms with van der Waals surface area (Å²) in [6, 6.07) is 32.5. The van der Waals surface area contributed by atoms with Gasteiger partial charge in [-0.05, 0) is 121 Å². The quantitative estimate of drug-likeness (QED) is 0.0428. The number of non-ortho nitro benzene ring substituents is 1. The average molecular weight is 1060 g/mol. The average Bonchev–Trinajstić information content (AvgIpc) is 3.50. The molecule has 0 radical (unpaired) electrons. The number of aromatic nitrogens is 3. The normalized spacial score (nSPS) is 15.6. The molecule has 1 unspecified atom stereocenters. The first-order valence-corrected chi connectivity index (χ1v) is 24.4. The Kier molecular flexibility index (Phi) is 18.2. The van der Waals surface area contributed by atoms with E-state index in [0.717, 1.165) is 85.7 Å². The highest BCUT2D eigenvalue weighted by atomic mass is 19.2. The zero-order chi connectivity index (χ0) is 55.9. The topological polar surface area (TPSA) is 185 Å². The van der Waals surface area contributed by atoms with Crippen molar-refractivity contribution in [1.82, 2.24) is 15.0 Å². The van der Waals surface area contributed by atoms with E-state index in [-0.39, 0.29) is 47.7 Å². The molecule has 1 aliphatic heterocycles. The second-order valence-electron chi connectivity index (χ2n) is 20.5. The van der Waals surface area contributed by atoms with Gasteiger partial charge in [-0.2, -0.15) is 0 Å². The molecule has 13 nitrogen and oxygen atoms in total. The minimum Gasteiger partial charge on any atom is -0.497 e. The molecular weight excluding hydrogens is 1000 g/mol. The lowest BCUT2D eigenvalue weighted by atomic mass is 9.68. The fraction of sp³-hybridized carbons (Fsp3) is 0.262. The number of pyridine rings is 3. The van der Waals surface area contributed by atoms with E-state index in [4.69, 9.17) is 12.3 Å². The summed E-state index contributed by atoms with van der Waals surface area (Å²) in [5, 5.41) is 16.6. The van der Waals surface area contributed by atoms with E-state index in [0.29, 0.717) is 47.7 Å². The first-order valence-electron chi connectivity index (χ1n) is 24.4. The Labute approximate surface area is 449 Å². The number of carbonyl (C=O) groups is 3.